The molecule has 0 aromatic heterocycles. The van der Waals surface area contributed by atoms with Crippen LogP contribution in [0.25, 0.3) is 0 Å². The summed E-state index contributed by atoms with van der Waals surface area (Å²) in [6, 6.07) is 5.40. The van der Waals surface area contributed by atoms with Gasteiger partial charge in [-0.1, -0.05) is 12.1 Å². The van der Waals surface area contributed by atoms with E-state index in [1.54, 1.807) is 12.1 Å². The molecule has 0 amide bonds. The van der Waals surface area contributed by atoms with E-state index in [4.69, 9.17) is 9.78 Å². The molecule has 0 unspecified atom stereocenters. The molecular weight excluding hydrogens is 168 g/mol. The van der Waals surface area contributed by atoms with Crippen LogP contribution in [-0.2, 0) is 11.3 Å². The molecule has 13 heavy (non-hydrogen) atoms. The first-order valence-electron chi connectivity index (χ1n) is 4.28. The SMILES string of the molecule is O=Cc1ccc2c(c1)OOCCC2. The number of aryl methyl sites for hydroxylation is 1. The second kappa shape index (κ2) is 3.58. The first-order chi connectivity index (χ1) is 6.40. The van der Waals surface area contributed by atoms with Crippen LogP contribution in [0, 0.1) is 0 Å². The van der Waals surface area contributed by atoms with Crippen molar-refractivity contribution in [3.63, 3.8) is 0 Å². The summed E-state index contributed by atoms with van der Waals surface area (Å²) in [7, 11) is 0. The lowest BCUT2D eigenvalue weighted by Gasteiger charge is -2.04. The van der Waals surface area contributed by atoms with E-state index in [9.17, 15) is 4.79 Å². The Labute approximate surface area is 76.2 Å². The fourth-order valence-electron chi connectivity index (χ4n) is 1.36. The third kappa shape index (κ3) is 1.70. The van der Waals surface area contributed by atoms with Crippen LogP contribution < -0.4 is 4.89 Å². The largest absolute Gasteiger partial charge is 0.337 e. The van der Waals surface area contributed by atoms with Crippen LogP contribution in [0.5, 0.6) is 5.75 Å². The highest BCUT2D eigenvalue weighted by atomic mass is 17.2. The standard InChI is InChI=1S/C10H10O3/c11-7-8-3-4-9-2-1-5-12-13-10(9)6-8/h3-4,6-7H,1-2,5H2. The molecule has 1 heterocycles. The lowest BCUT2D eigenvalue weighted by Crippen LogP contribution is -1.95. The van der Waals surface area contributed by atoms with Gasteiger partial charge in [0, 0.05) is 5.56 Å². The fraction of sp³-hybridized carbons (Fsp3) is 0.300. The summed E-state index contributed by atoms with van der Waals surface area (Å²) in [5.41, 5.74) is 1.72. The van der Waals surface area contributed by atoms with Crippen LogP contribution in [-0.4, -0.2) is 12.9 Å². The molecule has 0 saturated heterocycles. The topological polar surface area (TPSA) is 35.5 Å². The van der Waals surface area contributed by atoms with Gasteiger partial charge < -0.3 is 4.89 Å². The van der Waals surface area contributed by atoms with Gasteiger partial charge in [-0.2, -0.15) is 4.89 Å². The molecule has 0 radical (unpaired) electrons. The summed E-state index contributed by atoms with van der Waals surface area (Å²) in [4.78, 5) is 20.4. The van der Waals surface area contributed by atoms with Gasteiger partial charge in [-0.15, -0.1) is 0 Å². The fourth-order valence-corrected chi connectivity index (χ4v) is 1.36. The third-order valence-electron chi connectivity index (χ3n) is 2.05. The number of carbonyl (C=O) groups excluding carboxylic acids is 1. The van der Waals surface area contributed by atoms with Crippen LogP contribution in [0.15, 0.2) is 18.2 Å². The van der Waals surface area contributed by atoms with Crippen LogP contribution in [0.3, 0.4) is 0 Å². The molecule has 0 aliphatic carbocycles. The van der Waals surface area contributed by atoms with E-state index in [1.807, 2.05) is 6.07 Å². The highest BCUT2D eigenvalue weighted by molar-refractivity contribution is 5.75. The molecule has 0 saturated carbocycles. The monoisotopic (exact) mass is 178 g/mol. The van der Waals surface area contributed by atoms with Crippen molar-refractivity contribution in [2.75, 3.05) is 6.61 Å². The quantitative estimate of drug-likeness (QED) is 0.485. The Hall–Kier alpha value is -1.35. The molecule has 0 N–H and O–H groups in total. The Balaban J connectivity index is 2.37. The summed E-state index contributed by atoms with van der Waals surface area (Å²) in [5, 5.41) is 0. The van der Waals surface area contributed by atoms with Crippen molar-refractivity contribution in [2.24, 2.45) is 0 Å². The van der Waals surface area contributed by atoms with Crippen LogP contribution in [0.4, 0.5) is 0 Å². The van der Waals surface area contributed by atoms with Gasteiger partial charge in [0.15, 0.2) is 5.75 Å². The Morgan fingerprint density at radius 2 is 2.31 bits per heavy atom. The average Bonchev–Trinajstić information content (AvgIpc) is 2.41. The average molecular weight is 178 g/mol. The Kier molecular flexibility index (Phi) is 2.27. The number of aldehydes is 1. The molecule has 2 rings (SSSR count). The van der Waals surface area contributed by atoms with Crippen molar-refractivity contribution in [3.8, 4) is 5.75 Å². The van der Waals surface area contributed by atoms with E-state index in [0.29, 0.717) is 17.9 Å². The van der Waals surface area contributed by atoms with Gasteiger partial charge in [0.05, 0.1) is 6.61 Å². The summed E-state index contributed by atoms with van der Waals surface area (Å²) >= 11 is 0. The maximum Gasteiger partial charge on any atom is 0.169 e. The van der Waals surface area contributed by atoms with Crippen LogP contribution >= 0.6 is 0 Å². The Morgan fingerprint density at radius 1 is 1.38 bits per heavy atom. The molecule has 0 spiro atoms. The Morgan fingerprint density at radius 3 is 3.15 bits per heavy atom. The number of carbonyl (C=O) groups is 1. The third-order valence-corrected chi connectivity index (χ3v) is 2.05. The number of rotatable bonds is 1. The zero-order valence-corrected chi connectivity index (χ0v) is 7.16. The molecule has 1 aliphatic rings. The van der Waals surface area contributed by atoms with Gasteiger partial charge in [0.2, 0.25) is 0 Å². The van der Waals surface area contributed by atoms with E-state index in [2.05, 4.69) is 0 Å². The Bertz CT molecular complexity index is 320. The predicted molar refractivity (Wildman–Crippen MR) is 46.7 cm³/mol. The van der Waals surface area contributed by atoms with E-state index < -0.39 is 0 Å². The molecule has 0 atom stereocenters. The second-order valence-corrected chi connectivity index (χ2v) is 2.99. The first kappa shape index (κ1) is 8.26. The highest BCUT2D eigenvalue weighted by Gasteiger charge is 2.09. The van der Waals surface area contributed by atoms with Crippen molar-refractivity contribution >= 4 is 6.29 Å². The highest BCUT2D eigenvalue weighted by Crippen LogP contribution is 2.23. The first-order valence-corrected chi connectivity index (χ1v) is 4.28. The van der Waals surface area contributed by atoms with Gasteiger partial charge in [-0.25, -0.2) is 0 Å². The normalized spacial score (nSPS) is 15.4. The molecular formula is C10H10O3. The summed E-state index contributed by atoms with van der Waals surface area (Å²) < 4.78 is 0. The maximum absolute atomic E-state index is 10.5. The lowest BCUT2D eigenvalue weighted by molar-refractivity contribution is -0.203. The van der Waals surface area contributed by atoms with Crippen molar-refractivity contribution in [1.29, 1.82) is 0 Å². The molecule has 1 aromatic rings. The van der Waals surface area contributed by atoms with Crippen LogP contribution in [0.1, 0.15) is 22.3 Å². The second-order valence-electron chi connectivity index (χ2n) is 2.99. The molecule has 1 aromatic carbocycles. The molecule has 0 bridgehead atoms. The maximum atomic E-state index is 10.5. The smallest absolute Gasteiger partial charge is 0.169 e. The van der Waals surface area contributed by atoms with Crippen molar-refractivity contribution in [3.05, 3.63) is 29.3 Å². The number of benzene rings is 1. The zero-order chi connectivity index (χ0) is 9.10. The van der Waals surface area contributed by atoms with E-state index in [-0.39, 0.29) is 0 Å². The van der Waals surface area contributed by atoms with Gasteiger partial charge >= 0.3 is 0 Å². The summed E-state index contributed by atoms with van der Waals surface area (Å²) in [5.74, 6) is 0.669. The van der Waals surface area contributed by atoms with E-state index in [1.165, 1.54) is 0 Å². The van der Waals surface area contributed by atoms with Gasteiger partial charge in [0.25, 0.3) is 0 Å². The molecule has 0 fully saturated rings. The zero-order valence-electron chi connectivity index (χ0n) is 7.16. The molecule has 1 aliphatic heterocycles. The summed E-state index contributed by atoms with van der Waals surface area (Å²) in [6.07, 6.45) is 2.69. The van der Waals surface area contributed by atoms with Crippen molar-refractivity contribution in [2.45, 2.75) is 12.8 Å². The molecule has 3 nitrogen and oxygen atoms in total. The minimum atomic E-state index is 0.602. The van der Waals surface area contributed by atoms with Gasteiger partial charge in [0.1, 0.15) is 6.29 Å². The summed E-state index contributed by atoms with van der Waals surface area (Å²) in [6.45, 7) is 0.602. The van der Waals surface area contributed by atoms with Crippen molar-refractivity contribution in [1.82, 2.24) is 0 Å². The lowest BCUT2D eigenvalue weighted by atomic mass is 10.1. The van der Waals surface area contributed by atoms with Gasteiger partial charge in [-0.3, -0.25) is 4.79 Å². The number of hydrogen-bond donors (Lipinski definition) is 0. The minimum absolute atomic E-state index is 0.602. The van der Waals surface area contributed by atoms with E-state index in [0.717, 1.165) is 24.7 Å². The molecule has 3 heteroatoms. The molecule has 68 valence electrons. The van der Waals surface area contributed by atoms with Crippen LogP contribution in [0.2, 0.25) is 0 Å². The van der Waals surface area contributed by atoms with Gasteiger partial charge in [-0.05, 0) is 24.5 Å². The minimum Gasteiger partial charge on any atom is -0.337 e. The van der Waals surface area contributed by atoms with Crippen molar-refractivity contribution < 1.29 is 14.6 Å². The van der Waals surface area contributed by atoms with E-state index >= 15 is 0 Å². The number of fused-ring (bicyclic) bond motifs is 1. The number of hydrogen-bond acceptors (Lipinski definition) is 3. The predicted octanol–water partition coefficient (Wildman–Crippen LogP) is 1.76.